The molecule has 15 heteroatoms. The topological polar surface area (TPSA) is 170 Å². The van der Waals surface area contributed by atoms with Gasteiger partial charge in [-0.2, -0.15) is 9.13 Å². The quantitative estimate of drug-likeness (QED) is 0.0364. The second-order valence-electron chi connectivity index (χ2n) is 16.4. The van der Waals surface area contributed by atoms with Gasteiger partial charge in [-0.05, 0) is 61.7 Å². The number of carbonyl (C=O) groups excluding carboxylic acids is 4. The van der Waals surface area contributed by atoms with Crippen molar-refractivity contribution in [3.05, 3.63) is 179 Å². The number of unbranched alkanes of at least 4 members (excludes halogenated alkanes) is 1. The van der Waals surface area contributed by atoms with Crippen LogP contribution in [0.5, 0.6) is 5.75 Å². The lowest BCUT2D eigenvalue weighted by Crippen LogP contribution is -2.38. The normalized spacial score (nSPS) is 13.4. The van der Waals surface area contributed by atoms with Gasteiger partial charge in [0.1, 0.15) is 42.6 Å². The number of pyridine rings is 3. The second-order valence-corrected chi connectivity index (χ2v) is 16.4. The molecule has 9 rings (SSSR count). The van der Waals surface area contributed by atoms with Gasteiger partial charge >= 0.3 is 5.97 Å². The Labute approximate surface area is 386 Å². The zero-order valence-corrected chi connectivity index (χ0v) is 37.2. The first kappa shape index (κ1) is 43.9. The Balaban J connectivity index is 0.799. The molecule has 15 nitrogen and oxygen atoms in total. The van der Waals surface area contributed by atoms with E-state index < -0.39 is 17.8 Å². The molecule has 0 fully saturated rings. The fourth-order valence-corrected chi connectivity index (χ4v) is 8.33. The molecule has 2 N–H and O–H groups in total. The predicted octanol–water partition coefficient (Wildman–Crippen LogP) is 6.88. The molecular formula is C52H47N8O7+2. The van der Waals surface area contributed by atoms with Crippen molar-refractivity contribution in [2.24, 2.45) is 19.1 Å². The number of ketones is 2. The summed E-state index contributed by atoms with van der Waals surface area (Å²) in [5.74, 6) is -1.91. The first-order valence-corrected chi connectivity index (χ1v) is 22.0. The molecule has 4 heterocycles. The summed E-state index contributed by atoms with van der Waals surface area (Å²) >= 11 is 0. The highest BCUT2D eigenvalue weighted by Gasteiger charge is 2.30. The van der Waals surface area contributed by atoms with Crippen LogP contribution >= 0.6 is 0 Å². The minimum Gasteiger partial charge on any atom is -0.493 e. The number of hydrazine groups is 2. The zero-order valence-electron chi connectivity index (χ0n) is 37.2. The van der Waals surface area contributed by atoms with Crippen LogP contribution in [0.4, 0.5) is 11.4 Å². The number of nitrogens with one attached hydrogen (secondary N) is 2. The van der Waals surface area contributed by atoms with Gasteiger partial charge in [-0.3, -0.25) is 29.5 Å². The van der Waals surface area contributed by atoms with E-state index in [-0.39, 0.29) is 46.3 Å². The van der Waals surface area contributed by atoms with Gasteiger partial charge in [0.25, 0.3) is 11.8 Å². The minimum atomic E-state index is -0.615. The number of allylic oxidation sites excluding steroid dienone is 1. The average Bonchev–Trinajstić information content (AvgIpc) is 3.69. The van der Waals surface area contributed by atoms with E-state index in [9.17, 15) is 24.3 Å². The molecule has 0 bridgehead atoms. The fraction of sp³-hybridized carbons (Fsp3) is 0.192. The van der Waals surface area contributed by atoms with E-state index in [1.165, 1.54) is 30.3 Å². The van der Waals surface area contributed by atoms with Crippen LogP contribution in [-0.2, 0) is 23.9 Å². The standard InChI is InChI=1S/C52H46N8O7/c1-57-30-36(25-33-13-4-8-18-46(33)57)53-50(63)44-28-39(29-45(55-44)51(64)54-37-26-34-14-5-9-19-47(34)58(2)31-37)66-23-11-10-15-38-32-60(56-59(38)3)22-12-24-67-52(65)35-20-21-42-43(27-35)49(62)41-17-7-6-16-40(41)48(42)61/h4-9,13-14,16-21,25-32,56H,10-12,15,22-24H2,1-3H3/q+1/p+1. The van der Waals surface area contributed by atoms with E-state index in [1.807, 2.05) is 113 Å². The van der Waals surface area contributed by atoms with Gasteiger partial charge in [-0.25, -0.2) is 14.8 Å². The Hall–Kier alpha value is -8.30. The van der Waals surface area contributed by atoms with E-state index in [2.05, 4.69) is 20.8 Å². The number of anilines is 1. The number of aryl methyl sites for hydroxylation is 2. The number of benzene rings is 4. The van der Waals surface area contributed by atoms with E-state index in [1.54, 1.807) is 30.5 Å². The summed E-state index contributed by atoms with van der Waals surface area (Å²) in [7, 11) is 5.72. The van der Waals surface area contributed by atoms with Crippen LogP contribution in [0.2, 0.25) is 0 Å². The molecule has 0 spiro atoms. The lowest BCUT2D eigenvalue weighted by molar-refractivity contribution is -0.644. The summed E-state index contributed by atoms with van der Waals surface area (Å²) in [4.78, 5) is 61.6. The number of amides is 1. The summed E-state index contributed by atoms with van der Waals surface area (Å²) in [5, 5.41) is 22.3. The van der Waals surface area contributed by atoms with Crippen molar-refractivity contribution in [3.8, 4) is 5.75 Å². The molecule has 67 heavy (non-hydrogen) atoms. The van der Waals surface area contributed by atoms with E-state index >= 15 is 0 Å². The highest BCUT2D eigenvalue weighted by atomic mass is 16.5. The molecule has 1 aliphatic carbocycles. The lowest BCUT2D eigenvalue weighted by atomic mass is 9.83. The van der Waals surface area contributed by atoms with Gasteiger partial charge < -0.3 is 14.8 Å². The van der Waals surface area contributed by atoms with Crippen molar-refractivity contribution in [2.75, 3.05) is 32.1 Å². The SMILES string of the molecule is CN1NN(CCCOC(=O)c2ccc3c(c2)C(=O)c2ccccc2C3=O)C=C1CCCCOc1cc(C(=O)Nc2cc3ccccc3[n+](C)c2)nc(C([O])=Nc2cc3ccccc3[n+](C)c2)c1. The third-order valence-electron chi connectivity index (χ3n) is 11.7. The number of para-hydroxylation sites is 2. The molecule has 2 aliphatic rings. The number of rotatable bonds is 15. The van der Waals surface area contributed by atoms with Crippen molar-refractivity contribution in [3.63, 3.8) is 0 Å². The smallest absolute Gasteiger partial charge is 0.338 e. The van der Waals surface area contributed by atoms with Crippen LogP contribution in [0.3, 0.4) is 0 Å². The largest absolute Gasteiger partial charge is 0.493 e. The highest BCUT2D eigenvalue weighted by Crippen LogP contribution is 2.29. The number of nitrogens with zero attached hydrogens (tertiary/aromatic N) is 6. The van der Waals surface area contributed by atoms with Crippen LogP contribution < -0.4 is 24.7 Å². The second kappa shape index (κ2) is 19.0. The maximum Gasteiger partial charge on any atom is 0.338 e. The highest BCUT2D eigenvalue weighted by molar-refractivity contribution is 6.28. The number of esters is 1. The molecule has 335 valence electrons. The molecule has 7 aromatic rings. The summed E-state index contributed by atoms with van der Waals surface area (Å²) in [5.41, 5.74) is 8.68. The van der Waals surface area contributed by atoms with Crippen LogP contribution in [0.1, 0.15) is 84.1 Å². The summed E-state index contributed by atoms with van der Waals surface area (Å²) in [6, 6.07) is 33.6. The Morgan fingerprint density at radius 1 is 0.731 bits per heavy atom. The maximum absolute atomic E-state index is 13.7. The molecular weight excluding hydrogens is 849 g/mol. The number of ether oxygens (including phenoxy) is 2. The molecule has 0 atom stereocenters. The van der Waals surface area contributed by atoms with Gasteiger partial charge in [-0.1, -0.05) is 48.5 Å². The maximum atomic E-state index is 13.7. The van der Waals surface area contributed by atoms with Crippen molar-refractivity contribution >= 4 is 62.5 Å². The molecule has 0 unspecified atom stereocenters. The van der Waals surface area contributed by atoms with Crippen LogP contribution in [0.25, 0.3) is 21.8 Å². The van der Waals surface area contributed by atoms with Crippen molar-refractivity contribution in [1.29, 1.82) is 0 Å². The van der Waals surface area contributed by atoms with Crippen molar-refractivity contribution in [1.82, 2.24) is 20.5 Å². The minimum absolute atomic E-state index is 0.00821. The zero-order chi connectivity index (χ0) is 46.6. The summed E-state index contributed by atoms with van der Waals surface area (Å²) in [6.45, 7) is 1.03. The van der Waals surface area contributed by atoms with Crippen molar-refractivity contribution in [2.45, 2.75) is 25.7 Å². The first-order chi connectivity index (χ1) is 32.5. The monoisotopic (exact) mass is 895 g/mol. The first-order valence-electron chi connectivity index (χ1n) is 22.0. The molecule has 3 aromatic heterocycles. The average molecular weight is 896 g/mol. The van der Waals surface area contributed by atoms with Gasteiger partial charge in [0.2, 0.25) is 11.0 Å². The third-order valence-corrected chi connectivity index (χ3v) is 11.7. The molecule has 1 amide bonds. The van der Waals surface area contributed by atoms with Gasteiger partial charge in [0.15, 0.2) is 24.0 Å². The predicted molar refractivity (Wildman–Crippen MR) is 249 cm³/mol. The number of hydrogen-bond acceptors (Lipinski definition) is 11. The molecule has 0 saturated carbocycles. The Morgan fingerprint density at radius 2 is 1.39 bits per heavy atom. The Kier molecular flexibility index (Phi) is 12.5. The number of fused-ring (bicyclic) bond motifs is 4. The van der Waals surface area contributed by atoms with Crippen LogP contribution in [-0.4, -0.2) is 71.1 Å². The Bertz CT molecular complexity index is 3180. The summed E-state index contributed by atoms with van der Waals surface area (Å²) < 4.78 is 15.5. The number of carbonyl (C=O) groups is 4. The van der Waals surface area contributed by atoms with E-state index in [0.29, 0.717) is 54.2 Å². The van der Waals surface area contributed by atoms with Crippen molar-refractivity contribution < 1.29 is 42.9 Å². The molecule has 1 radical (unpaired) electrons. The number of aromatic nitrogens is 3. The van der Waals surface area contributed by atoms with Gasteiger partial charge in [0, 0.05) is 89.2 Å². The Morgan fingerprint density at radius 3 is 2.15 bits per heavy atom. The fourth-order valence-electron chi connectivity index (χ4n) is 8.33. The van der Waals surface area contributed by atoms with E-state index in [4.69, 9.17) is 9.47 Å². The molecule has 4 aromatic carbocycles. The molecule has 1 aliphatic heterocycles. The van der Waals surface area contributed by atoms with Crippen LogP contribution in [0, 0.1) is 0 Å². The number of aliphatic imine (C=N–C) groups is 1. The lowest BCUT2D eigenvalue weighted by Gasteiger charge is -2.20. The number of hydrogen-bond donors (Lipinski definition) is 2. The van der Waals surface area contributed by atoms with E-state index in [0.717, 1.165) is 40.3 Å². The summed E-state index contributed by atoms with van der Waals surface area (Å²) in [6.07, 6.45) is 8.32. The molecule has 0 saturated heterocycles. The van der Waals surface area contributed by atoms with Crippen LogP contribution in [0.15, 0.2) is 145 Å². The van der Waals surface area contributed by atoms with Gasteiger partial charge in [0.05, 0.1) is 18.8 Å². The van der Waals surface area contributed by atoms with Gasteiger partial charge in [-0.15, -0.1) is 5.53 Å². The third kappa shape index (κ3) is 9.58.